The number of terminal acetylenes is 1. The maximum absolute atomic E-state index is 13.2. The second-order valence-corrected chi connectivity index (χ2v) is 10.1. The van der Waals surface area contributed by atoms with Crippen molar-refractivity contribution in [3.8, 4) is 12.8 Å². The Morgan fingerprint density at radius 3 is 2.38 bits per heavy atom. The Morgan fingerprint density at radius 2 is 1.93 bits per heavy atom. The molecule has 42 heavy (non-hydrogen) atoms. The molecule has 5 rings (SSSR count). The van der Waals surface area contributed by atoms with Gasteiger partial charge in [0.05, 0.1) is 11.3 Å². The molecule has 1 aliphatic heterocycles. The van der Waals surface area contributed by atoms with Gasteiger partial charge in [-0.1, -0.05) is 44.4 Å². The first kappa shape index (κ1) is 36.8. The van der Waals surface area contributed by atoms with E-state index in [0.717, 1.165) is 22.5 Å². The lowest BCUT2D eigenvalue weighted by molar-refractivity contribution is 0.0962. The molecule has 0 radical (unpaired) electrons. The van der Waals surface area contributed by atoms with E-state index >= 15 is 0 Å². The Bertz CT molecular complexity index is 1260. The number of nitrogens with one attached hydrogen (secondary N) is 2. The van der Waals surface area contributed by atoms with Crippen LogP contribution in [0.25, 0.3) is 11.0 Å². The van der Waals surface area contributed by atoms with E-state index in [1.807, 2.05) is 67.9 Å². The summed E-state index contributed by atoms with van der Waals surface area (Å²) in [6.07, 6.45) is 21.1. The summed E-state index contributed by atoms with van der Waals surface area (Å²) in [6.45, 7) is 6.50. The summed E-state index contributed by atoms with van der Waals surface area (Å²) in [4.78, 5) is 16.4. The summed E-state index contributed by atoms with van der Waals surface area (Å²) >= 11 is 5.64. The predicted octanol–water partition coefficient (Wildman–Crippen LogP) is 7.95. The van der Waals surface area contributed by atoms with E-state index in [9.17, 15) is 9.18 Å². The molecule has 9 heteroatoms. The zero-order valence-corrected chi connectivity index (χ0v) is 27.1. The first-order valence-corrected chi connectivity index (χ1v) is 15.9. The number of thiol groups is 1. The Labute approximate surface area is 261 Å². The average Bonchev–Trinajstić information content (AvgIpc) is 3.47. The van der Waals surface area contributed by atoms with Crippen LogP contribution in [0.5, 0.6) is 0 Å². The SMILES string of the molecule is C#C.C1CCNCC1.CC.CNC(=O)c1c(C2C=CC(F)=CC2)oc2cc(N(C)SC)ccc12.SCc1ccccn1. The zero-order chi connectivity index (χ0) is 31.3. The summed E-state index contributed by atoms with van der Waals surface area (Å²) in [5, 5.41) is 6.72. The molecule has 6 nitrogen and oxygen atoms in total. The number of nitrogens with zero attached hydrogens (tertiary/aromatic N) is 2. The maximum atomic E-state index is 13.2. The third kappa shape index (κ3) is 11.6. The Kier molecular flexibility index (Phi) is 18.9. The monoisotopic (exact) mass is 612 g/mol. The Morgan fingerprint density at radius 1 is 1.21 bits per heavy atom. The lowest BCUT2D eigenvalue weighted by atomic mass is 9.94. The van der Waals surface area contributed by atoms with Gasteiger partial charge in [0.15, 0.2) is 0 Å². The summed E-state index contributed by atoms with van der Waals surface area (Å²) in [5.41, 5.74) is 3.20. The van der Waals surface area contributed by atoms with Crippen LogP contribution in [0.4, 0.5) is 10.1 Å². The van der Waals surface area contributed by atoms with Gasteiger partial charge in [-0.05, 0) is 68.8 Å². The highest BCUT2D eigenvalue weighted by atomic mass is 32.2. The molecule has 0 bridgehead atoms. The number of carbonyl (C=O) groups is 1. The molecule has 3 heterocycles. The quantitative estimate of drug-likeness (QED) is 0.154. The lowest BCUT2D eigenvalue weighted by Crippen LogP contribution is -2.21. The summed E-state index contributed by atoms with van der Waals surface area (Å²) < 4.78 is 21.3. The second-order valence-electron chi connectivity index (χ2n) is 8.86. The van der Waals surface area contributed by atoms with Gasteiger partial charge >= 0.3 is 0 Å². The van der Waals surface area contributed by atoms with Crippen molar-refractivity contribution < 1.29 is 13.6 Å². The van der Waals surface area contributed by atoms with Gasteiger partial charge in [0.1, 0.15) is 17.2 Å². The number of hydrogen-bond acceptors (Lipinski definition) is 7. The highest BCUT2D eigenvalue weighted by Crippen LogP contribution is 2.37. The van der Waals surface area contributed by atoms with E-state index in [-0.39, 0.29) is 17.7 Å². The van der Waals surface area contributed by atoms with Gasteiger partial charge in [-0.15, -0.1) is 12.8 Å². The number of halogens is 1. The van der Waals surface area contributed by atoms with Gasteiger partial charge in [-0.25, -0.2) is 4.39 Å². The molecule has 2 N–H and O–H groups in total. The summed E-state index contributed by atoms with van der Waals surface area (Å²) in [5.74, 6) is 0.700. The lowest BCUT2D eigenvalue weighted by Gasteiger charge is -2.14. The minimum absolute atomic E-state index is 0.147. The van der Waals surface area contributed by atoms with Crippen LogP contribution in [-0.4, -0.2) is 44.3 Å². The van der Waals surface area contributed by atoms with Gasteiger partial charge in [-0.3, -0.25) is 9.78 Å². The predicted molar refractivity (Wildman–Crippen MR) is 182 cm³/mol. The molecule has 0 spiro atoms. The van der Waals surface area contributed by atoms with Gasteiger partial charge in [0.2, 0.25) is 0 Å². The smallest absolute Gasteiger partial charge is 0.255 e. The molecule has 228 valence electrons. The first-order valence-electron chi connectivity index (χ1n) is 14.1. The van der Waals surface area contributed by atoms with Crippen molar-refractivity contribution >= 4 is 47.1 Å². The molecule has 1 unspecified atom stereocenters. The fraction of sp³-hybridized carbons (Fsp3) is 0.394. The van der Waals surface area contributed by atoms with Gasteiger partial charge in [0.25, 0.3) is 5.91 Å². The zero-order valence-electron chi connectivity index (χ0n) is 25.4. The van der Waals surface area contributed by atoms with Crippen molar-refractivity contribution in [3.05, 3.63) is 83.7 Å². The normalized spacial score (nSPS) is 15.1. The number of benzene rings is 1. The molecule has 2 aliphatic rings. The highest BCUT2D eigenvalue weighted by Gasteiger charge is 2.26. The molecular formula is C33H45FN4O2S2. The van der Waals surface area contributed by atoms with Crippen LogP contribution in [0.2, 0.25) is 0 Å². The minimum Gasteiger partial charge on any atom is -0.459 e. The molecular weight excluding hydrogens is 568 g/mol. The van der Waals surface area contributed by atoms with Crippen molar-refractivity contribution in [2.75, 3.05) is 37.7 Å². The third-order valence-electron chi connectivity index (χ3n) is 6.28. The van der Waals surface area contributed by atoms with E-state index in [4.69, 9.17) is 4.42 Å². The number of allylic oxidation sites excluding steroid dienone is 4. The summed E-state index contributed by atoms with van der Waals surface area (Å²) in [7, 11) is 3.56. The fourth-order valence-corrected chi connectivity index (χ4v) is 4.62. The van der Waals surface area contributed by atoms with Crippen molar-refractivity contribution in [3.63, 3.8) is 0 Å². The molecule has 2 aromatic heterocycles. The number of amides is 1. The van der Waals surface area contributed by atoms with Crippen molar-refractivity contribution in [1.29, 1.82) is 0 Å². The van der Waals surface area contributed by atoms with Crippen LogP contribution < -0.4 is 14.9 Å². The number of rotatable bonds is 5. The van der Waals surface area contributed by atoms with Gasteiger partial charge in [-0.2, -0.15) is 12.6 Å². The number of furan rings is 1. The standard InChI is InChI=1S/C18H19FN2O2S.C6H7NS.C5H11N.C2H6.C2H2/c1-20-18(22)16-14-9-8-13(21(2)24-3)10-15(14)23-17(16)11-4-6-12(19)7-5-11;8-5-6-3-1-2-4-7-6;1-2-4-6-5-3-1;2*1-2/h4,6-11H,5H2,1-3H3,(H,20,22);1-4,8H,5H2;6H,1-5H2;1-2H3;1-2H. The molecule has 1 fully saturated rings. The fourth-order valence-electron chi connectivity index (χ4n) is 4.11. The van der Waals surface area contributed by atoms with E-state index in [1.54, 1.807) is 31.3 Å². The van der Waals surface area contributed by atoms with Crippen molar-refractivity contribution in [2.45, 2.75) is 51.2 Å². The van der Waals surface area contributed by atoms with Crippen LogP contribution in [0.15, 0.2) is 71.1 Å². The largest absolute Gasteiger partial charge is 0.459 e. The molecule has 1 saturated heterocycles. The minimum atomic E-state index is -0.257. The van der Waals surface area contributed by atoms with Crippen LogP contribution in [0.1, 0.15) is 67.3 Å². The van der Waals surface area contributed by atoms with E-state index < -0.39 is 0 Å². The maximum Gasteiger partial charge on any atom is 0.255 e. The van der Waals surface area contributed by atoms with Crippen molar-refractivity contribution in [1.82, 2.24) is 15.6 Å². The molecule has 1 aromatic carbocycles. The molecule has 1 aliphatic carbocycles. The average molecular weight is 613 g/mol. The molecule has 1 atom stereocenters. The molecule has 3 aromatic rings. The highest BCUT2D eigenvalue weighted by molar-refractivity contribution is 7.99. The third-order valence-corrected chi connectivity index (χ3v) is 7.36. The van der Waals surface area contributed by atoms with Crippen LogP contribution in [0, 0.1) is 12.8 Å². The van der Waals surface area contributed by atoms with E-state index in [0.29, 0.717) is 23.3 Å². The van der Waals surface area contributed by atoms with E-state index in [1.165, 1.54) is 44.5 Å². The van der Waals surface area contributed by atoms with Gasteiger partial charge in [0, 0.05) is 55.4 Å². The number of fused-ring (bicyclic) bond motifs is 1. The summed E-state index contributed by atoms with van der Waals surface area (Å²) in [6, 6.07) is 11.6. The number of anilines is 1. The van der Waals surface area contributed by atoms with Crippen LogP contribution in [-0.2, 0) is 5.75 Å². The van der Waals surface area contributed by atoms with Crippen LogP contribution >= 0.6 is 24.6 Å². The molecule has 0 saturated carbocycles. The number of hydrogen-bond donors (Lipinski definition) is 3. The van der Waals surface area contributed by atoms with Gasteiger partial charge < -0.3 is 19.4 Å². The Hall–Kier alpha value is -3.19. The number of piperidine rings is 1. The topological polar surface area (TPSA) is 70.4 Å². The first-order chi connectivity index (χ1) is 20.5. The molecule has 1 amide bonds. The second kappa shape index (κ2) is 21.5. The number of aromatic nitrogens is 1. The number of carbonyl (C=O) groups excluding carboxylic acids is 1. The van der Waals surface area contributed by atoms with E-state index in [2.05, 4.69) is 41.1 Å². The van der Waals surface area contributed by atoms with Crippen molar-refractivity contribution in [2.24, 2.45) is 0 Å². The Balaban J connectivity index is 0.000000398. The number of pyridine rings is 1. The van der Waals surface area contributed by atoms with Crippen LogP contribution in [0.3, 0.4) is 0 Å².